The van der Waals surface area contributed by atoms with Gasteiger partial charge in [-0.05, 0) is 66.5 Å². The van der Waals surface area contributed by atoms with Crippen LogP contribution in [0.1, 0.15) is 44.5 Å². The lowest BCUT2D eigenvalue weighted by molar-refractivity contribution is -0.282. The molecule has 0 unspecified atom stereocenters. The zero-order valence-electron chi connectivity index (χ0n) is 44.7. The summed E-state index contributed by atoms with van der Waals surface area (Å²) in [6.07, 6.45) is -3.46. The molecule has 0 radical (unpaired) electrons. The van der Waals surface area contributed by atoms with E-state index in [4.69, 9.17) is 42.3 Å². The molecule has 0 aliphatic carbocycles. The normalized spacial score (nSPS) is 18.1. The number of carbonyl (C=O) groups is 2. The molecule has 14 heteroatoms. The molecule has 0 bridgehead atoms. The van der Waals surface area contributed by atoms with Gasteiger partial charge < -0.3 is 52.5 Å². The van der Waals surface area contributed by atoms with E-state index in [1.54, 1.807) is 36.4 Å². The molecule has 82 heavy (non-hydrogen) atoms. The number of aliphatic hydroxyl groups excluding tert-OH is 2. The van der Waals surface area contributed by atoms with E-state index in [2.05, 4.69) is 0 Å². The standard InChI is InChI=1S/C68H56O14/c1-43-23-27-45(28-24-43)31-35-58(69)76-42-57-61(71)63(73)66(79-59(70)36-32-46-29-25-44(2)26-30-46)67(78-57)80-65-62(72)60-55(75-41-48-17-9-4-10-18-48)38-52(74-40-47-15-7-3-8-16-47)39-56(60)77-64(65)49-33-34-53-54(37-49)82-68(81-53,50-19-11-5-12-20-50)51-21-13-6-14-22-51/h3-39,57,61,63,66-67,71,73H,40-42H2,1-2H3/b35-31+,36-32+/t57-,61+,63+,66-,67+/m1/s1. The van der Waals surface area contributed by atoms with E-state index in [-0.39, 0.29) is 47.0 Å². The van der Waals surface area contributed by atoms with Crippen molar-refractivity contribution in [2.24, 2.45) is 0 Å². The highest BCUT2D eigenvalue weighted by atomic mass is 16.7. The summed E-state index contributed by atoms with van der Waals surface area (Å²) in [7, 11) is 0. The topological polar surface area (TPSA) is 179 Å². The highest BCUT2D eigenvalue weighted by Gasteiger charge is 2.50. The van der Waals surface area contributed by atoms with Crippen LogP contribution in [0.15, 0.2) is 222 Å². The van der Waals surface area contributed by atoms with Crippen molar-refractivity contribution in [3.63, 3.8) is 0 Å². The molecule has 0 spiro atoms. The molecule has 412 valence electrons. The number of benzene rings is 8. The smallest absolute Gasteiger partial charge is 0.331 e. The highest BCUT2D eigenvalue weighted by molar-refractivity contribution is 5.90. The molecular formula is C68H56O14. The third-order valence-electron chi connectivity index (χ3n) is 13.9. The van der Waals surface area contributed by atoms with Gasteiger partial charge in [-0.2, -0.15) is 0 Å². The SMILES string of the molecule is Cc1ccc(/C=C/C(=O)OC[C@H]2O[C@@H](Oc3c(-c4ccc5c(c4)OC(c4ccccc4)(c4ccccc4)O5)oc4cc(OCc5ccccc5)cc(OCc5ccccc5)c4c3=O)[C@H](OC(=O)/C=C/c3ccc(C)cc3)[C@@H](O)[C@H]2O)cc1. The quantitative estimate of drug-likeness (QED) is 0.0612. The van der Waals surface area contributed by atoms with Crippen LogP contribution < -0.4 is 29.1 Å². The van der Waals surface area contributed by atoms with Gasteiger partial charge in [-0.3, -0.25) is 4.79 Å². The van der Waals surface area contributed by atoms with Crippen molar-refractivity contribution in [3.8, 4) is 40.1 Å². The Hall–Kier alpha value is -9.73. The number of aliphatic hydroxyl groups is 2. The van der Waals surface area contributed by atoms with Crippen molar-refractivity contribution in [2.75, 3.05) is 6.61 Å². The first-order valence-corrected chi connectivity index (χ1v) is 26.6. The van der Waals surface area contributed by atoms with Crippen LogP contribution in [-0.4, -0.2) is 59.5 Å². The Bertz CT molecular complexity index is 3770. The van der Waals surface area contributed by atoms with Gasteiger partial charge in [0, 0.05) is 41.0 Å². The van der Waals surface area contributed by atoms with Crippen LogP contribution in [0, 0.1) is 13.8 Å². The fourth-order valence-electron chi connectivity index (χ4n) is 9.52. The molecule has 1 fully saturated rings. The Kier molecular flexibility index (Phi) is 16.1. The molecule has 14 nitrogen and oxygen atoms in total. The molecular weight excluding hydrogens is 1040 g/mol. The van der Waals surface area contributed by atoms with Gasteiger partial charge in [-0.1, -0.05) is 181 Å². The second-order valence-corrected chi connectivity index (χ2v) is 19.8. The third-order valence-corrected chi connectivity index (χ3v) is 13.9. The second kappa shape index (κ2) is 24.3. The van der Waals surface area contributed by atoms with Crippen LogP contribution in [0.2, 0.25) is 0 Å². The number of esters is 2. The van der Waals surface area contributed by atoms with Crippen molar-refractivity contribution in [3.05, 3.63) is 267 Å². The number of carbonyl (C=O) groups excluding carboxylic acids is 2. The predicted molar refractivity (Wildman–Crippen MR) is 307 cm³/mol. The number of ether oxygens (including phenoxy) is 8. The lowest BCUT2D eigenvalue weighted by atomic mass is 9.97. The van der Waals surface area contributed by atoms with E-state index in [1.807, 2.05) is 184 Å². The summed E-state index contributed by atoms with van der Waals surface area (Å²) in [4.78, 5) is 42.7. The van der Waals surface area contributed by atoms with Gasteiger partial charge in [0.25, 0.3) is 0 Å². The van der Waals surface area contributed by atoms with Gasteiger partial charge in [-0.15, -0.1) is 0 Å². The zero-order chi connectivity index (χ0) is 56.6. The van der Waals surface area contributed by atoms with Gasteiger partial charge in [0.2, 0.25) is 17.5 Å². The summed E-state index contributed by atoms with van der Waals surface area (Å²) >= 11 is 0. The van der Waals surface area contributed by atoms with E-state index >= 15 is 4.79 Å². The van der Waals surface area contributed by atoms with Gasteiger partial charge >= 0.3 is 17.7 Å². The number of fused-ring (bicyclic) bond motifs is 2. The molecule has 0 amide bonds. The Morgan fingerprint density at radius 2 is 1.15 bits per heavy atom. The molecule has 1 saturated heterocycles. The Balaban J connectivity index is 1.02. The molecule has 1 aromatic heterocycles. The minimum absolute atomic E-state index is 0.0345. The largest absolute Gasteiger partial charge is 0.489 e. The van der Waals surface area contributed by atoms with Crippen LogP contribution in [0.3, 0.4) is 0 Å². The van der Waals surface area contributed by atoms with Gasteiger partial charge in [0.05, 0.1) is 0 Å². The maximum atomic E-state index is 15.8. The number of hydrogen-bond acceptors (Lipinski definition) is 14. The summed E-state index contributed by atoms with van der Waals surface area (Å²) in [5, 5.41) is 23.6. The summed E-state index contributed by atoms with van der Waals surface area (Å²) in [6.45, 7) is 3.48. The molecule has 2 aliphatic heterocycles. The van der Waals surface area contributed by atoms with Gasteiger partial charge in [-0.25, -0.2) is 9.59 Å². The van der Waals surface area contributed by atoms with Crippen LogP contribution >= 0.6 is 0 Å². The summed E-state index contributed by atoms with van der Waals surface area (Å²) in [5.41, 5.74) is 6.09. The van der Waals surface area contributed by atoms with Crippen LogP contribution in [0.25, 0.3) is 34.4 Å². The average molecular weight is 1100 g/mol. The van der Waals surface area contributed by atoms with Crippen molar-refractivity contribution in [1.82, 2.24) is 0 Å². The first-order chi connectivity index (χ1) is 40.0. The van der Waals surface area contributed by atoms with Crippen molar-refractivity contribution in [2.45, 2.75) is 63.6 Å². The van der Waals surface area contributed by atoms with E-state index in [1.165, 1.54) is 12.2 Å². The molecule has 9 aromatic rings. The molecule has 3 heterocycles. The molecule has 11 rings (SSSR count). The second-order valence-electron chi connectivity index (χ2n) is 19.8. The fraction of sp³-hybridized carbons (Fsp3) is 0.162. The van der Waals surface area contributed by atoms with Crippen molar-refractivity contribution < 1.29 is 62.1 Å². The number of aryl methyl sites for hydroxylation is 2. The molecule has 8 aromatic carbocycles. The first kappa shape index (κ1) is 54.2. The van der Waals surface area contributed by atoms with Crippen LogP contribution in [-0.2, 0) is 42.8 Å². The molecule has 0 saturated carbocycles. The van der Waals surface area contributed by atoms with Crippen LogP contribution in [0.5, 0.6) is 28.7 Å². The van der Waals surface area contributed by atoms with E-state index in [0.717, 1.165) is 33.9 Å². The molecule has 2 aliphatic rings. The maximum Gasteiger partial charge on any atom is 0.331 e. The van der Waals surface area contributed by atoms with Gasteiger partial charge in [0.1, 0.15) is 60.6 Å². The Labute approximate surface area is 472 Å². The fourth-order valence-corrected chi connectivity index (χ4v) is 9.52. The van der Waals surface area contributed by atoms with E-state index < -0.39 is 66.2 Å². The first-order valence-electron chi connectivity index (χ1n) is 26.6. The summed E-state index contributed by atoms with van der Waals surface area (Å²) < 4.78 is 57.8. The van der Waals surface area contributed by atoms with E-state index in [0.29, 0.717) is 28.2 Å². The molecule has 5 atom stereocenters. The third kappa shape index (κ3) is 12.2. The minimum atomic E-state index is -1.93. The Morgan fingerprint density at radius 3 is 1.74 bits per heavy atom. The van der Waals surface area contributed by atoms with Gasteiger partial charge in [0.15, 0.2) is 23.4 Å². The monoisotopic (exact) mass is 1100 g/mol. The minimum Gasteiger partial charge on any atom is -0.489 e. The van der Waals surface area contributed by atoms with Crippen molar-refractivity contribution in [1.29, 1.82) is 0 Å². The lowest BCUT2D eigenvalue weighted by Crippen LogP contribution is -2.61. The number of rotatable bonds is 18. The highest BCUT2D eigenvalue weighted by Crippen LogP contribution is 2.50. The van der Waals surface area contributed by atoms with Crippen molar-refractivity contribution >= 4 is 35.1 Å². The summed E-state index contributed by atoms with van der Waals surface area (Å²) in [5.74, 6) is -2.74. The Morgan fingerprint density at radius 1 is 0.598 bits per heavy atom. The van der Waals surface area contributed by atoms with E-state index in [9.17, 15) is 19.8 Å². The summed E-state index contributed by atoms with van der Waals surface area (Å²) in [6, 6.07) is 60.8. The number of hydrogen-bond donors (Lipinski definition) is 2. The lowest BCUT2D eigenvalue weighted by Gasteiger charge is -2.41. The molecule has 2 N–H and O–H groups in total. The maximum absolute atomic E-state index is 15.8. The average Bonchev–Trinajstić information content (AvgIpc) is 3.11. The predicted octanol–water partition coefficient (Wildman–Crippen LogP) is 11.6. The van der Waals surface area contributed by atoms with Crippen LogP contribution in [0.4, 0.5) is 0 Å². The zero-order valence-corrected chi connectivity index (χ0v) is 44.7.